The van der Waals surface area contributed by atoms with Gasteiger partial charge in [0.05, 0.1) is 22.4 Å². The topological polar surface area (TPSA) is 143 Å². The van der Waals surface area contributed by atoms with E-state index in [-0.39, 0.29) is 22.6 Å². The number of nitrogens with zero attached hydrogens (tertiary/aromatic N) is 3. The third kappa shape index (κ3) is 2.48. The molecule has 1 aromatic carbocycles. The van der Waals surface area contributed by atoms with Crippen molar-refractivity contribution < 1.29 is 14.8 Å². The maximum absolute atomic E-state index is 12.0. The van der Waals surface area contributed by atoms with Crippen molar-refractivity contribution in [2.45, 2.75) is 0 Å². The number of benzene rings is 1. The number of anilines is 2. The summed E-state index contributed by atoms with van der Waals surface area (Å²) in [5.74, 6) is -0.986. The second-order valence-corrected chi connectivity index (χ2v) is 4.55. The largest absolute Gasteiger partial charge is 0.478 e. The number of aromatic nitrogens is 3. The van der Waals surface area contributed by atoms with E-state index in [1.807, 2.05) is 0 Å². The zero-order valence-corrected chi connectivity index (χ0v) is 11.4. The van der Waals surface area contributed by atoms with E-state index in [2.05, 4.69) is 15.4 Å². The molecule has 2 heterocycles. The molecule has 0 saturated heterocycles. The van der Waals surface area contributed by atoms with Gasteiger partial charge in [-0.1, -0.05) is 12.1 Å². The molecule has 0 radical (unpaired) electrons. The van der Waals surface area contributed by atoms with E-state index in [0.717, 1.165) is 10.7 Å². The van der Waals surface area contributed by atoms with Crippen LogP contribution in [-0.4, -0.2) is 30.6 Å². The van der Waals surface area contributed by atoms with Gasteiger partial charge in [0.1, 0.15) is 12.0 Å². The van der Waals surface area contributed by atoms with E-state index in [1.165, 1.54) is 18.3 Å². The first-order valence-electron chi connectivity index (χ1n) is 6.32. The minimum atomic E-state index is -1.13. The number of hydrogen-bond donors (Lipinski definition) is 3. The molecule has 3 aromatic rings. The van der Waals surface area contributed by atoms with Gasteiger partial charge in [0, 0.05) is 0 Å². The third-order valence-corrected chi connectivity index (χ3v) is 3.11. The Morgan fingerprint density at radius 3 is 2.83 bits per heavy atom. The number of aromatic carboxylic acids is 1. The van der Waals surface area contributed by atoms with Crippen LogP contribution in [0.5, 0.6) is 0 Å². The average Bonchev–Trinajstić information content (AvgIpc) is 2.92. The fraction of sp³-hybridized carbons (Fsp3) is 0. The number of rotatable bonds is 4. The molecule has 0 atom stereocenters. The van der Waals surface area contributed by atoms with E-state index in [4.69, 9.17) is 5.11 Å². The molecule has 0 fully saturated rings. The van der Waals surface area contributed by atoms with Crippen LogP contribution in [0.3, 0.4) is 0 Å². The van der Waals surface area contributed by atoms with Crippen LogP contribution in [0, 0.1) is 10.1 Å². The number of hydrogen-bond acceptors (Lipinski definition) is 6. The number of H-pyrrole nitrogens is 1. The summed E-state index contributed by atoms with van der Waals surface area (Å²) >= 11 is 0. The Morgan fingerprint density at radius 1 is 1.39 bits per heavy atom. The molecule has 3 N–H and O–H groups in total. The maximum Gasteiger partial charge on any atom is 0.337 e. The van der Waals surface area contributed by atoms with Gasteiger partial charge in [0.2, 0.25) is 5.52 Å². The van der Waals surface area contributed by atoms with Crippen LogP contribution in [-0.2, 0) is 0 Å². The molecule has 0 aliphatic carbocycles. The van der Waals surface area contributed by atoms with Gasteiger partial charge in [-0.25, -0.2) is 9.31 Å². The summed E-state index contributed by atoms with van der Waals surface area (Å²) in [6.07, 6.45) is 2.29. The standard InChI is InChI=1S/C13H9N5O5/c19-12-11-9(18(22)23)5-14-17(11)6-10(16-12)15-8-4-2-1-3-7(8)13(20)21/h1-6,15H,(H,16,19)(H,20,21). The van der Waals surface area contributed by atoms with Gasteiger partial charge in [-0.3, -0.25) is 14.9 Å². The van der Waals surface area contributed by atoms with Crippen LogP contribution in [0.25, 0.3) is 5.52 Å². The molecular weight excluding hydrogens is 306 g/mol. The van der Waals surface area contributed by atoms with Gasteiger partial charge >= 0.3 is 11.7 Å². The van der Waals surface area contributed by atoms with Crippen LogP contribution in [0.2, 0.25) is 0 Å². The first-order valence-corrected chi connectivity index (χ1v) is 6.32. The summed E-state index contributed by atoms with van der Waals surface area (Å²) < 4.78 is 1.06. The second kappa shape index (κ2) is 5.26. The lowest BCUT2D eigenvalue weighted by Crippen LogP contribution is -2.14. The predicted octanol–water partition coefficient (Wildman–Crippen LogP) is 1.37. The molecule has 0 aliphatic rings. The highest BCUT2D eigenvalue weighted by Crippen LogP contribution is 2.20. The molecule has 0 unspecified atom stereocenters. The van der Waals surface area contributed by atoms with Crippen molar-refractivity contribution in [3.63, 3.8) is 0 Å². The Hall–Kier alpha value is -3.69. The number of para-hydroxylation sites is 1. The van der Waals surface area contributed by atoms with E-state index in [9.17, 15) is 19.7 Å². The maximum atomic E-state index is 12.0. The van der Waals surface area contributed by atoms with Crippen molar-refractivity contribution in [3.05, 3.63) is 62.7 Å². The zero-order valence-electron chi connectivity index (χ0n) is 11.4. The highest BCUT2D eigenvalue weighted by atomic mass is 16.6. The lowest BCUT2D eigenvalue weighted by atomic mass is 10.2. The first-order chi connectivity index (χ1) is 11.0. The zero-order chi connectivity index (χ0) is 16.6. The van der Waals surface area contributed by atoms with Gasteiger partial charge in [-0.2, -0.15) is 5.10 Å². The summed E-state index contributed by atoms with van der Waals surface area (Å²) in [5.41, 5.74) is -1.06. The molecule has 116 valence electrons. The number of aromatic amines is 1. The van der Waals surface area contributed by atoms with Crippen molar-refractivity contribution in [1.82, 2.24) is 14.6 Å². The number of nitro groups is 1. The molecule has 0 bridgehead atoms. The average molecular weight is 315 g/mol. The Kier molecular flexibility index (Phi) is 3.26. The van der Waals surface area contributed by atoms with Crippen LogP contribution in [0.4, 0.5) is 17.2 Å². The van der Waals surface area contributed by atoms with Crippen LogP contribution < -0.4 is 10.9 Å². The first kappa shape index (κ1) is 14.3. The van der Waals surface area contributed by atoms with Crippen LogP contribution in [0.15, 0.2) is 41.5 Å². The highest BCUT2D eigenvalue weighted by Gasteiger charge is 2.19. The number of carboxylic acid groups (broad SMARTS) is 1. The molecule has 3 rings (SSSR count). The Bertz CT molecular complexity index is 990. The van der Waals surface area contributed by atoms with E-state index >= 15 is 0 Å². The van der Waals surface area contributed by atoms with Crippen molar-refractivity contribution >= 4 is 28.7 Å². The molecule has 0 saturated carbocycles. The van der Waals surface area contributed by atoms with Crippen molar-refractivity contribution in [3.8, 4) is 0 Å². The molecule has 23 heavy (non-hydrogen) atoms. The quantitative estimate of drug-likeness (QED) is 0.487. The monoisotopic (exact) mass is 315 g/mol. The molecule has 10 nitrogen and oxygen atoms in total. The summed E-state index contributed by atoms with van der Waals surface area (Å²) in [5, 5.41) is 26.5. The fourth-order valence-corrected chi connectivity index (χ4v) is 2.13. The van der Waals surface area contributed by atoms with Gasteiger partial charge in [0.25, 0.3) is 5.56 Å². The van der Waals surface area contributed by atoms with Gasteiger partial charge in [-0.15, -0.1) is 0 Å². The summed E-state index contributed by atoms with van der Waals surface area (Å²) in [4.78, 5) is 35.7. The minimum absolute atomic E-state index is 0.0138. The van der Waals surface area contributed by atoms with E-state index < -0.39 is 22.1 Å². The van der Waals surface area contributed by atoms with Crippen molar-refractivity contribution in [1.29, 1.82) is 0 Å². The minimum Gasteiger partial charge on any atom is -0.478 e. The lowest BCUT2D eigenvalue weighted by molar-refractivity contribution is -0.383. The lowest BCUT2D eigenvalue weighted by Gasteiger charge is -2.09. The smallest absolute Gasteiger partial charge is 0.337 e. The van der Waals surface area contributed by atoms with Crippen molar-refractivity contribution in [2.75, 3.05) is 5.32 Å². The molecular formula is C13H9N5O5. The number of fused-ring (bicyclic) bond motifs is 1. The molecule has 0 aliphatic heterocycles. The molecule has 0 amide bonds. The molecule has 2 aromatic heterocycles. The second-order valence-electron chi connectivity index (χ2n) is 4.55. The van der Waals surface area contributed by atoms with Crippen LogP contribution >= 0.6 is 0 Å². The number of carboxylic acids is 1. The number of carbonyl (C=O) groups is 1. The van der Waals surface area contributed by atoms with E-state index in [1.54, 1.807) is 12.1 Å². The summed E-state index contributed by atoms with van der Waals surface area (Å²) in [7, 11) is 0. The third-order valence-electron chi connectivity index (χ3n) is 3.11. The van der Waals surface area contributed by atoms with Gasteiger partial charge in [0.15, 0.2) is 0 Å². The predicted molar refractivity (Wildman–Crippen MR) is 79.2 cm³/mol. The van der Waals surface area contributed by atoms with Crippen molar-refractivity contribution in [2.24, 2.45) is 0 Å². The van der Waals surface area contributed by atoms with Crippen LogP contribution in [0.1, 0.15) is 10.4 Å². The summed E-state index contributed by atoms with van der Waals surface area (Å²) in [6.45, 7) is 0. The molecule has 10 heteroatoms. The van der Waals surface area contributed by atoms with E-state index in [0.29, 0.717) is 0 Å². The highest BCUT2D eigenvalue weighted by molar-refractivity contribution is 5.94. The normalized spacial score (nSPS) is 10.6. The Labute approximate surface area is 127 Å². The van der Waals surface area contributed by atoms with Gasteiger partial charge < -0.3 is 15.4 Å². The molecule has 0 spiro atoms. The van der Waals surface area contributed by atoms with Gasteiger partial charge in [-0.05, 0) is 12.1 Å². The Morgan fingerprint density at radius 2 is 2.13 bits per heavy atom. The summed E-state index contributed by atoms with van der Waals surface area (Å²) in [6, 6.07) is 6.12. The number of nitrogens with one attached hydrogen (secondary N) is 2. The Balaban J connectivity index is 2.08. The SMILES string of the molecule is O=C(O)c1ccccc1Nc1cn2ncc([N+](=O)[O-])c2c(=O)[nH]1. The fourth-order valence-electron chi connectivity index (χ4n) is 2.13.